The third-order valence-electron chi connectivity index (χ3n) is 6.79. The van der Waals surface area contributed by atoms with Crippen molar-refractivity contribution in [2.45, 2.75) is 68.0 Å². The molecule has 5 heteroatoms. The average Bonchev–Trinajstić information content (AvgIpc) is 3.67. The van der Waals surface area contributed by atoms with E-state index in [0.717, 1.165) is 22.5 Å². The quantitative estimate of drug-likeness (QED) is 0.167. The summed E-state index contributed by atoms with van der Waals surface area (Å²) < 4.78 is 92.7. The fourth-order valence-corrected chi connectivity index (χ4v) is 5.04. The van der Waals surface area contributed by atoms with Crippen molar-refractivity contribution in [1.82, 2.24) is 9.97 Å². The summed E-state index contributed by atoms with van der Waals surface area (Å²) in [6, 6.07) is 23.7. The predicted molar refractivity (Wildman–Crippen MR) is 181 cm³/mol. The Morgan fingerprint density at radius 2 is 1.44 bits per heavy atom. The van der Waals surface area contributed by atoms with Gasteiger partial charge in [-0.2, -0.15) is 0 Å². The molecule has 4 nitrogen and oxygen atoms in total. The Balaban J connectivity index is 0.000000208. The number of rotatable bonds is 4. The summed E-state index contributed by atoms with van der Waals surface area (Å²) in [7, 11) is 0. The van der Waals surface area contributed by atoms with Crippen LogP contribution < -0.4 is 0 Å². The molecule has 7 rings (SSSR count). The standard InChI is InChI=1S/C21H28N.C19H12NO2.Ir/c1-20(2,3)13-17-12-19(16-10-8-7-9-11-16)22-15-18(17)14-21(4,5)6;1-10-8-13(20-9-11(10)2)12-6-7-16-18-17-14(21-16)4-3-5-15(17)22-19(12)18;/h7-10,12,15H,13-14H2,1-6H3;3-5,7-9H,1-2H3;/q2*-1;/i13D2,14D2;1D3,2D3;. The maximum Gasteiger partial charge on any atom is 0.124 e. The van der Waals surface area contributed by atoms with Gasteiger partial charge in [-0.1, -0.05) is 70.9 Å². The van der Waals surface area contributed by atoms with E-state index >= 15 is 0 Å². The topological polar surface area (TPSA) is 52.1 Å². The molecule has 3 aromatic carbocycles. The van der Waals surface area contributed by atoms with Crippen molar-refractivity contribution in [2.75, 3.05) is 0 Å². The molecule has 0 saturated carbocycles. The van der Waals surface area contributed by atoms with E-state index in [4.69, 9.17) is 22.5 Å². The zero-order valence-electron chi connectivity index (χ0n) is 36.0. The van der Waals surface area contributed by atoms with E-state index in [2.05, 4.69) is 22.1 Å². The van der Waals surface area contributed by atoms with Crippen molar-refractivity contribution in [3.63, 3.8) is 0 Å². The van der Waals surface area contributed by atoms with Crippen molar-refractivity contribution in [3.8, 4) is 22.5 Å². The molecule has 0 aliphatic carbocycles. The molecule has 0 aliphatic heterocycles. The monoisotopic (exact) mass is 783 g/mol. The van der Waals surface area contributed by atoms with Gasteiger partial charge in [0.25, 0.3) is 0 Å². The number of aromatic nitrogens is 2. The van der Waals surface area contributed by atoms with Crippen LogP contribution in [0.3, 0.4) is 0 Å². The van der Waals surface area contributed by atoms with Crippen LogP contribution in [0.1, 0.15) is 77.5 Å². The van der Waals surface area contributed by atoms with Crippen LogP contribution >= 0.6 is 0 Å². The maximum absolute atomic E-state index is 8.77. The first-order valence-corrected chi connectivity index (χ1v) is 14.4. The van der Waals surface area contributed by atoms with Crippen LogP contribution in [0.15, 0.2) is 81.9 Å². The Labute approximate surface area is 294 Å². The largest absolute Gasteiger partial charge is 0.500 e. The Morgan fingerprint density at radius 3 is 2.13 bits per heavy atom. The third kappa shape index (κ3) is 7.06. The van der Waals surface area contributed by atoms with Gasteiger partial charge in [0.2, 0.25) is 0 Å². The van der Waals surface area contributed by atoms with E-state index in [9.17, 15) is 0 Å². The van der Waals surface area contributed by atoms with E-state index in [1.54, 1.807) is 18.2 Å². The number of hydrogen-bond acceptors (Lipinski definition) is 4. The van der Waals surface area contributed by atoms with E-state index in [1.165, 1.54) is 12.3 Å². The zero-order chi connectivity index (χ0) is 39.8. The first-order valence-electron chi connectivity index (χ1n) is 19.4. The molecule has 4 heterocycles. The molecule has 233 valence electrons. The molecule has 4 aromatic heterocycles. The van der Waals surface area contributed by atoms with Gasteiger partial charge in [-0.3, -0.25) is 0 Å². The summed E-state index contributed by atoms with van der Waals surface area (Å²) >= 11 is 0. The minimum atomic E-state index is -2.60. The molecule has 0 amide bonds. The minimum Gasteiger partial charge on any atom is -0.500 e. The van der Waals surface area contributed by atoms with Gasteiger partial charge < -0.3 is 18.8 Å². The molecule has 0 aliphatic rings. The van der Waals surface area contributed by atoms with E-state index < -0.39 is 37.3 Å². The fraction of sp³-hybridized carbons (Fsp3) is 0.300. The summed E-state index contributed by atoms with van der Waals surface area (Å²) in [5.74, 6) is 0. The maximum atomic E-state index is 8.77. The number of pyridine rings is 2. The number of benzene rings is 3. The molecule has 0 saturated heterocycles. The van der Waals surface area contributed by atoms with Crippen molar-refractivity contribution < 1.29 is 42.6 Å². The molecular formula is C40H40IrN2O2-2. The van der Waals surface area contributed by atoms with Crippen molar-refractivity contribution >= 4 is 33.1 Å². The molecule has 0 spiro atoms. The smallest absolute Gasteiger partial charge is 0.124 e. The normalized spacial score (nSPS) is 16.5. The van der Waals surface area contributed by atoms with Gasteiger partial charge >= 0.3 is 0 Å². The van der Waals surface area contributed by atoms with Crippen LogP contribution in [-0.2, 0) is 32.9 Å². The Kier molecular flexibility index (Phi) is 6.09. The fourth-order valence-electron chi connectivity index (χ4n) is 5.04. The molecule has 1 radical (unpaired) electrons. The third-order valence-corrected chi connectivity index (χ3v) is 6.79. The summed E-state index contributed by atoms with van der Waals surface area (Å²) in [4.78, 5) is 8.66. The van der Waals surface area contributed by atoms with E-state index in [0.29, 0.717) is 44.7 Å². The van der Waals surface area contributed by atoms with Gasteiger partial charge in [-0.05, 0) is 82.9 Å². The Hall–Kier alpha value is -3.79. The van der Waals surface area contributed by atoms with Crippen molar-refractivity contribution in [2.24, 2.45) is 10.8 Å². The molecule has 45 heavy (non-hydrogen) atoms. The SMILES string of the molecule is [2H]C([2H])([2H])c1cnc(-c2[c-]cc3oc4cccc5oc2c3c45)cc1C([2H])([2H])[2H].[2H]C([2H])(c1cnc(-c2[c-]cccc2)cc1C([2H])([2H])C(C)(C)C)C(C)(C)C.[Ir]. The van der Waals surface area contributed by atoms with Crippen molar-refractivity contribution in [3.05, 3.63) is 107 Å². The molecule has 0 atom stereocenters. The van der Waals surface area contributed by atoms with Gasteiger partial charge in [0, 0.05) is 46.2 Å². The number of aryl methyl sites for hydroxylation is 2. The molecular weight excluding hydrogens is 733 g/mol. The van der Waals surface area contributed by atoms with Crippen LogP contribution in [0.2, 0.25) is 0 Å². The molecule has 7 aromatic rings. The van der Waals surface area contributed by atoms with E-state index in [1.807, 2.05) is 77.9 Å². The Morgan fingerprint density at radius 1 is 0.733 bits per heavy atom. The van der Waals surface area contributed by atoms with Gasteiger partial charge in [-0.25, -0.2) is 0 Å². The van der Waals surface area contributed by atoms with Crippen LogP contribution in [0.5, 0.6) is 0 Å². The second-order valence-corrected chi connectivity index (χ2v) is 12.8. The molecule has 0 N–H and O–H groups in total. The summed E-state index contributed by atoms with van der Waals surface area (Å²) in [5, 5.41) is 1.62. The predicted octanol–water partition coefficient (Wildman–Crippen LogP) is 11.0. The first-order chi connectivity index (χ1) is 24.8. The summed E-state index contributed by atoms with van der Waals surface area (Å²) in [6.45, 7) is 5.78. The number of hydrogen-bond donors (Lipinski definition) is 0. The van der Waals surface area contributed by atoms with Crippen LogP contribution in [0.4, 0.5) is 0 Å². The molecule has 0 bridgehead atoms. The van der Waals surface area contributed by atoms with Crippen molar-refractivity contribution in [1.29, 1.82) is 0 Å². The van der Waals surface area contributed by atoms with Gasteiger partial charge in [0.05, 0.1) is 16.6 Å². The Bertz CT molecular complexity index is 2450. The second-order valence-electron chi connectivity index (χ2n) is 12.8. The van der Waals surface area contributed by atoms with Gasteiger partial charge in [-0.15, -0.1) is 48.0 Å². The second kappa shape index (κ2) is 12.5. The zero-order valence-corrected chi connectivity index (χ0v) is 28.4. The molecule has 0 unspecified atom stereocenters. The van der Waals surface area contributed by atoms with E-state index in [-0.39, 0.29) is 36.9 Å². The van der Waals surface area contributed by atoms with Gasteiger partial charge in [0.15, 0.2) is 0 Å². The van der Waals surface area contributed by atoms with Crippen LogP contribution in [0, 0.1) is 36.7 Å². The number of nitrogens with zero attached hydrogens (tertiary/aromatic N) is 2. The van der Waals surface area contributed by atoms with Crippen LogP contribution in [-0.4, -0.2) is 9.97 Å². The summed E-state index contributed by atoms with van der Waals surface area (Å²) in [5.41, 5.74) is 3.22. The van der Waals surface area contributed by atoms with Gasteiger partial charge in [0.1, 0.15) is 11.2 Å². The molecule has 0 fully saturated rings. The van der Waals surface area contributed by atoms with Crippen LogP contribution in [0.25, 0.3) is 55.6 Å². The summed E-state index contributed by atoms with van der Waals surface area (Å²) in [6.07, 6.45) is -0.859. The minimum absolute atomic E-state index is 0. The number of furan rings is 2. The average molecular weight is 783 g/mol. The first kappa shape index (κ1) is 21.9.